The van der Waals surface area contributed by atoms with Gasteiger partial charge >= 0.3 is 12.1 Å². The van der Waals surface area contributed by atoms with Gasteiger partial charge in [-0.25, -0.2) is 9.59 Å². The van der Waals surface area contributed by atoms with E-state index < -0.39 is 236 Å². The predicted octanol–water partition coefficient (Wildman–Crippen LogP) is -3.62. The molecule has 734 valence electrons. The highest BCUT2D eigenvalue weighted by molar-refractivity contribution is 7.98. The Morgan fingerprint density at radius 1 is 0.718 bits per heavy atom. The third-order valence-corrected chi connectivity index (χ3v) is 23.7. The number of benzene rings is 2. The fourth-order valence-electron chi connectivity index (χ4n) is 14.0. The number of carbonyl (C=O) groups excluding carboxylic acids is 14. The first-order chi connectivity index (χ1) is 62.3. The van der Waals surface area contributed by atoms with Crippen LogP contribution in [-0.2, 0) is 125 Å². The molecule has 1 saturated heterocycles. The number of fused-ring (bicyclic) bond motifs is 5. The number of hydrogen-bond donors (Lipinski definition) is 21. The summed E-state index contributed by atoms with van der Waals surface area (Å²) in [6, 6.07) is -0.169. The number of nitrogens with one attached hydrogen (secondary N) is 13. The number of anilines is 1. The molecule has 1 fully saturated rings. The van der Waals surface area contributed by atoms with Crippen LogP contribution in [0, 0.1) is 29.6 Å². The van der Waals surface area contributed by atoms with Crippen LogP contribution in [0.25, 0.3) is 10.9 Å². The van der Waals surface area contributed by atoms with E-state index in [2.05, 4.69) is 63.5 Å². The molecule has 46 nitrogen and oxygen atoms in total. The molecular formula is C83H132N18O28S2. The summed E-state index contributed by atoms with van der Waals surface area (Å²) in [6.45, 7) is 9.88. The van der Waals surface area contributed by atoms with Crippen molar-refractivity contribution in [1.82, 2.24) is 74.7 Å². The van der Waals surface area contributed by atoms with Crippen molar-refractivity contribution in [3.05, 3.63) is 65.0 Å². The van der Waals surface area contributed by atoms with Gasteiger partial charge in [-0.1, -0.05) is 53.2 Å². The van der Waals surface area contributed by atoms with Gasteiger partial charge in [0, 0.05) is 96.7 Å². The number of hydroxylamine groups is 1. The van der Waals surface area contributed by atoms with E-state index in [0.29, 0.717) is 131 Å². The van der Waals surface area contributed by atoms with Crippen LogP contribution in [0.4, 0.5) is 15.3 Å². The number of ether oxygens (including phenoxy) is 9. The zero-order chi connectivity index (χ0) is 95.2. The van der Waals surface area contributed by atoms with Gasteiger partial charge in [0.25, 0.3) is 0 Å². The average Bonchev–Trinajstić information content (AvgIpc) is 1.61. The van der Waals surface area contributed by atoms with Crippen molar-refractivity contribution in [1.29, 1.82) is 0 Å². The van der Waals surface area contributed by atoms with Crippen LogP contribution in [-0.4, -0.2) is 329 Å². The summed E-state index contributed by atoms with van der Waals surface area (Å²) < 4.78 is 66.1. The third kappa shape index (κ3) is 38.8. The maximum Gasteiger partial charge on any atom is 0.407 e. The SMILES string of the molecule is CC[C@H](C)[C@@H]1CC(=O)CNC(=O)[C@H]2CC(=O)[C@H]([C@@H](C)[C@@H](O)CO)NC(=O)[C@@H]3C[C@@H](O)CN3C(=O)[C@H](CC(N)=O)NC(=O)[C@H](CS(=O)c3[nH]c4c(CSCCOCCOCCOCCOCCOCCOCCOCCN/C=C(\N)CNC(=O)OCc5ccc(NC(=O)[C@H](CCCNC(N)=O)NC(=O)[C@@H](NC(=O)CNO)C(C)C)cc5)c(OC)ccc4c3C2)NC(=O)CNC1=O.N. The summed E-state index contributed by atoms with van der Waals surface area (Å²) in [6.07, 6.45) is -4.28. The van der Waals surface area contributed by atoms with Crippen molar-refractivity contribution in [3.8, 4) is 5.75 Å². The predicted molar refractivity (Wildman–Crippen MR) is 475 cm³/mol. The molecule has 3 aromatic rings. The molecule has 13 amide bonds. The summed E-state index contributed by atoms with van der Waals surface area (Å²) in [5.74, 6) is -14.6. The number of nitrogens with zero attached hydrogens (tertiary/aromatic N) is 1. The van der Waals surface area contributed by atoms with E-state index in [-0.39, 0.29) is 80.8 Å². The van der Waals surface area contributed by atoms with Crippen molar-refractivity contribution in [3.63, 3.8) is 0 Å². The van der Waals surface area contributed by atoms with Crippen LogP contribution in [0.2, 0.25) is 0 Å². The topological polar surface area (TPSA) is 696 Å². The van der Waals surface area contributed by atoms with E-state index in [4.69, 9.17) is 65.0 Å². The van der Waals surface area contributed by atoms with Gasteiger partial charge in [-0.05, 0) is 66.5 Å². The Bertz CT molecular complexity index is 4270. The van der Waals surface area contributed by atoms with Gasteiger partial charge in [-0.15, -0.1) is 0 Å². The number of thioether (sulfide) groups is 1. The van der Waals surface area contributed by atoms with Crippen LogP contribution in [0.5, 0.6) is 5.75 Å². The molecule has 2 aromatic carbocycles. The van der Waals surface area contributed by atoms with Gasteiger partial charge < -0.3 is 155 Å². The van der Waals surface area contributed by atoms with Gasteiger partial charge in [0.05, 0.1) is 179 Å². The number of Topliss-reactive ketones (excluding diaryl/α,β-unsaturated/α-hetero) is 2. The first-order valence-corrected chi connectivity index (χ1v) is 45.5. The normalized spacial score (nSPS) is 20.4. The molecule has 0 saturated carbocycles. The van der Waals surface area contributed by atoms with Crippen molar-refractivity contribution >= 4 is 122 Å². The van der Waals surface area contributed by atoms with Crippen LogP contribution >= 0.6 is 11.8 Å². The quantitative estimate of drug-likeness (QED) is 0.0192. The minimum absolute atomic E-state index is 0. The molecule has 26 N–H and O–H groups in total. The van der Waals surface area contributed by atoms with Crippen molar-refractivity contribution in [2.45, 2.75) is 152 Å². The molecule has 1 unspecified atom stereocenters. The summed E-state index contributed by atoms with van der Waals surface area (Å²) in [5, 5.41) is 69.9. The molecule has 0 aliphatic carbocycles. The monoisotopic (exact) mass is 1890 g/mol. The standard InChI is InChI=1S/C83H129N17O28S2.H3N/c1-7-49(4)58-35-55(102)40-89-74(109)52-33-59-57-14-15-67(120-6)60(73(57)99-80(59)130(119)47-63(94-69(107)41-90-75(58)110)77(112)96-62(37-68(85)106)81(115)100-43-56(103)36-64(100)78(113)98-72(65(104)34-52)50(5)66(105)44-101)46-129-32-31-127-30-29-126-28-27-125-26-25-124-24-23-123-22-21-122-20-19-121-18-17-87-38-53(84)39-91-83(117)128-45-51-10-12-54(13-11-51)93-76(111)61(9-8-16-88-82(86)116)95-79(114)71(48(2)3)97-70(108)42-92-118;/h10-15,38,48-50,52,56,58,61-64,66,71-72,87,92,99,101,103,105,118H,7-9,16-37,39-47,84H2,1-6H3,(H2,85,106)(H,89,109)(H,90,110)(H,91,117)(H,93,111)(H,94,107)(H,95,114)(H,96,112)(H,97,108)(H,98,113)(H3,86,88,116);1H3/b53-38-;/t49-,50-,52+,56+,58-,61-,62-,63-,64-,66-,71-,72-,130?;/m0./s1. The Labute approximate surface area is 765 Å². The van der Waals surface area contributed by atoms with Gasteiger partial charge in [-0.3, -0.25) is 61.7 Å². The lowest BCUT2D eigenvalue weighted by Gasteiger charge is -2.32. The first kappa shape index (κ1) is 111. The zero-order valence-electron chi connectivity index (χ0n) is 74.9. The molecular weight excluding hydrogens is 1760 g/mol. The number of methoxy groups -OCH3 is 1. The number of aromatic nitrogens is 1. The first-order valence-electron chi connectivity index (χ1n) is 43.0. The number of aliphatic hydroxyl groups excluding tert-OH is 3. The third-order valence-electron chi connectivity index (χ3n) is 21.3. The van der Waals surface area contributed by atoms with Crippen molar-refractivity contribution < 1.29 is 134 Å². The van der Waals surface area contributed by atoms with Crippen LogP contribution in [0.1, 0.15) is 96.3 Å². The molecule has 3 aliphatic rings. The Balaban J connectivity index is 0.0000304. The molecule has 0 radical (unpaired) electrons. The molecule has 3 aliphatic heterocycles. The Morgan fingerprint density at radius 3 is 1.94 bits per heavy atom. The molecule has 2 bridgehead atoms. The van der Waals surface area contributed by atoms with Crippen LogP contribution in [0.3, 0.4) is 0 Å². The number of alkyl carbamates (subject to hydrolysis) is 1. The largest absolute Gasteiger partial charge is 0.496 e. The lowest BCUT2D eigenvalue weighted by molar-refractivity contribution is -0.144. The number of carbonyl (C=O) groups is 14. The van der Waals surface area contributed by atoms with Gasteiger partial charge in [0.15, 0.2) is 11.6 Å². The molecule has 6 rings (SSSR count). The van der Waals surface area contributed by atoms with Crippen molar-refractivity contribution in [2.75, 3.05) is 169 Å². The number of primary amides is 2. The highest BCUT2D eigenvalue weighted by Gasteiger charge is 2.46. The van der Waals surface area contributed by atoms with Crippen LogP contribution < -0.4 is 92.1 Å². The van der Waals surface area contributed by atoms with Gasteiger partial charge in [-0.2, -0.15) is 17.2 Å². The second-order valence-corrected chi connectivity index (χ2v) is 34.0. The number of H-pyrrole nitrogens is 1. The molecule has 13 atom stereocenters. The number of amides is 13. The zero-order valence-corrected chi connectivity index (χ0v) is 76.5. The highest BCUT2D eigenvalue weighted by atomic mass is 32.2. The summed E-state index contributed by atoms with van der Waals surface area (Å²) in [7, 11) is -0.988. The molecule has 4 heterocycles. The average molecular weight is 1890 g/mol. The lowest BCUT2D eigenvalue weighted by Crippen LogP contribution is -2.60. The Kier molecular flexibility index (Phi) is 50.9. The smallest absolute Gasteiger partial charge is 0.407 e. The number of nitrogens with two attached hydrogens (primary N) is 3. The van der Waals surface area contributed by atoms with Gasteiger partial charge in [0.1, 0.15) is 47.6 Å². The van der Waals surface area contributed by atoms with E-state index in [1.807, 2.05) is 0 Å². The van der Waals surface area contributed by atoms with E-state index in [1.54, 1.807) is 69.6 Å². The number of aliphatic hydroxyl groups is 3. The lowest BCUT2D eigenvalue weighted by atomic mass is 9.85. The Hall–Kier alpha value is -10.3. The molecule has 0 spiro atoms. The summed E-state index contributed by atoms with van der Waals surface area (Å²) in [4.78, 5) is 195. The number of ketones is 2. The number of urea groups is 1. The minimum Gasteiger partial charge on any atom is -0.496 e. The fourth-order valence-corrected chi connectivity index (χ4v) is 16.2. The maximum atomic E-state index is 15.4. The second kappa shape index (κ2) is 60.0. The summed E-state index contributed by atoms with van der Waals surface area (Å²) >= 11 is 1.44. The Morgan fingerprint density at radius 2 is 1.34 bits per heavy atom. The van der Waals surface area contributed by atoms with E-state index in [9.17, 15) is 77.6 Å². The molecule has 1 aromatic heterocycles. The van der Waals surface area contributed by atoms with Gasteiger partial charge in [0.2, 0.25) is 59.1 Å². The van der Waals surface area contributed by atoms with Crippen LogP contribution in [0.15, 0.2) is 53.3 Å². The fraction of sp³-hybridized carbons (Fsp3) is 0.639. The number of rotatable bonds is 51. The maximum absolute atomic E-state index is 15.4. The highest BCUT2D eigenvalue weighted by Crippen LogP contribution is 2.38. The molecule has 131 heavy (non-hydrogen) atoms. The van der Waals surface area contributed by atoms with E-state index >= 15 is 9.00 Å². The van der Waals surface area contributed by atoms with Crippen molar-refractivity contribution in [2.24, 2.45) is 46.8 Å². The van der Waals surface area contributed by atoms with E-state index in [1.165, 1.54) is 32.0 Å². The molecule has 48 heteroatoms. The number of aromatic amines is 1. The number of hydrogen-bond acceptors (Lipinski definition) is 33. The summed E-state index contributed by atoms with van der Waals surface area (Å²) in [5.41, 5.74) is 20.9. The minimum atomic E-state index is -2.43. The second-order valence-electron chi connectivity index (χ2n) is 31.4. The van der Waals surface area contributed by atoms with E-state index in [0.717, 1.165) is 4.90 Å².